The number of carboxylic acid groups (broad SMARTS) is 1. The van der Waals surface area contributed by atoms with Crippen molar-refractivity contribution in [3.05, 3.63) is 33.4 Å². The normalized spacial score (nSPS) is 19.6. The maximum absolute atomic E-state index is 13.2. The molecule has 1 atom stereocenters. The number of nitrogens with zero attached hydrogens (tertiary/aromatic N) is 2. The molecular formula is C23H36N2O6. The Morgan fingerprint density at radius 3 is 2.55 bits per heavy atom. The Labute approximate surface area is 184 Å². The fraction of sp³-hybridized carbons (Fsp3) is 0.696. The van der Waals surface area contributed by atoms with Crippen molar-refractivity contribution in [1.82, 2.24) is 9.80 Å². The Morgan fingerprint density at radius 1 is 1.26 bits per heavy atom. The lowest BCUT2D eigenvalue weighted by atomic mass is 10.0. The average molecular weight is 437 g/mol. The quantitative estimate of drug-likeness (QED) is 0.684. The van der Waals surface area contributed by atoms with Gasteiger partial charge in [0, 0.05) is 32.7 Å². The van der Waals surface area contributed by atoms with Crippen molar-refractivity contribution in [1.29, 1.82) is 0 Å². The van der Waals surface area contributed by atoms with E-state index in [2.05, 4.69) is 18.7 Å². The molecule has 2 aliphatic rings. The number of amides is 1. The van der Waals surface area contributed by atoms with Gasteiger partial charge in [0.2, 0.25) is 0 Å². The summed E-state index contributed by atoms with van der Waals surface area (Å²) in [6, 6.07) is 1.85. The van der Waals surface area contributed by atoms with Gasteiger partial charge >= 0.3 is 5.63 Å². The summed E-state index contributed by atoms with van der Waals surface area (Å²) in [5.41, 5.74) is 0.376. The number of hydrogen-bond donors (Lipinski definition) is 1. The Hall–Kier alpha value is -2.19. The second-order valence-corrected chi connectivity index (χ2v) is 8.70. The molecule has 0 aromatic carbocycles. The van der Waals surface area contributed by atoms with Crippen molar-refractivity contribution in [2.75, 3.05) is 39.3 Å². The fourth-order valence-electron chi connectivity index (χ4n) is 4.09. The number of carbonyl (C=O) groups is 2. The highest BCUT2D eigenvalue weighted by Crippen LogP contribution is 2.17. The Bertz CT molecular complexity index is 770. The van der Waals surface area contributed by atoms with Gasteiger partial charge in [-0.15, -0.1) is 0 Å². The van der Waals surface area contributed by atoms with Gasteiger partial charge in [0.1, 0.15) is 11.3 Å². The molecule has 8 nitrogen and oxygen atoms in total. The first-order valence-electron chi connectivity index (χ1n) is 11.2. The Morgan fingerprint density at radius 2 is 1.94 bits per heavy atom. The molecule has 1 unspecified atom stereocenters. The second-order valence-electron chi connectivity index (χ2n) is 8.70. The largest absolute Gasteiger partial charge is 0.483 e. The first kappa shape index (κ1) is 25.1. The van der Waals surface area contributed by atoms with E-state index in [1.807, 2.05) is 13.0 Å². The molecule has 174 valence electrons. The van der Waals surface area contributed by atoms with Gasteiger partial charge in [-0.25, -0.2) is 4.79 Å². The summed E-state index contributed by atoms with van der Waals surface area (Å²) >= 11 is 0. The standard InChI is InChI=1S/C22H34N2O4.CH2O2/c1-16(2)7-8-18-13-17(3)20(22(26)28-18)21(25)24-11-6-12-27-19(15-24)14-23-9-4-5-10-23;2-1-3/h13,16,19H,4-12,14-15H2,1-3H3;1H,(H,2,3). The van der Waals surface area contributed by atoms with Crippen LogP contribution in [0, 0.1) is 12.8 Å². The molecule has 8 heteroatoms. The molecule has 0 aliphatic carbocycles. The van der Waals surface area contributed by atoms with Crippen LogP contribution in [0.15, 0.2) is 15.3 Å². The molecule has 0 saturated carbocycles. The third-order valence-electron chi connectivity index (χ3n) is 5.68. The monoisotopic (exact) mass is 436 g/mol. The van der Waals surface area contributed by atoms with Crippen LogP contribution in [0.1, 0.15) is 61.2 Å². The van der Waals surface area contributed by atoms with Gasteiger partial charge < -0.3 is 24.1 Å². The van der Waals surface area contributed by atoms with Crippen molar-refractivity contribution < 1.29 is 23.8 Å². The van der Waals surface area contributed by atoms with Crippen molar-refractivity contribution in [3.63, 3.8) is 0 Å². The van der Waals surface area contributed by atoms with Crippen LogP contribution in [-0.2, 0) is 16.0 Å². The van der Waals surface area contributed by atoms with E-state index >= 15 is 0 Å². The minimum absolute atomic E-state index is 0.00205. The van der Waals surface area contributed by atoms with Gasteiger partial charge in [-0.1, -0.05) is 13.8 Å². The number of aryl methyl sites for hydroxylation is 2. The van der Waals surface area contributed by atoms with E-state index in [0.29, 0.717) is 36.9 Å². The number of ether oxygens (including phenoxy) is 1. The maximum Gasteiger partial charge on any atom is 0.349 e. The minimum Gasteiger partial charge on any atom is -0.483 e. The summed E-state index contributed by atoms with van der Waals surface area (Å²) in [4.78, 5) is 38.3. The summed E-state index contributed by atoms with van der Waals surface area (Å²) in [7, 11) is 0. The van der Waals surface area contributed by atoms with Crippen molar-refractivity contribution >= 4 is 12.4 Å². The van der Waals surface area contributed by atoms with Gasteiger partial charge in [0.05, 0.1) is 6.10 Å². The van der Waals surface area contributed by atoms with Gasteiger partial charge in [0.15, 0.2) is 0 Å². The summed E-state index contributed by atoms with van der Waals surface area (Å²) < 4.78 is 11.5. The van der Waals surface area contributed by atoms with E-state index < -0.39 is 5.63 Å². The van der Waals surface area contributed by atoms with Crippen LogP contribution in [0.4, 0.5) is 0 Å². The highest BCUT2D eigenvalue weighted by molar-refractivity contribution is 5.95. The lowest BCUT2D eigenvalue weighted by Crippen LogP contribution is -2.43. The van der Waals surface area contributed by atoms with E-state index in [4.69, 9.17) is 19.1 Å². The molecule has 31 heavy (non-hydrogen) atoms. The number of likely N-dealkylation sites (tertiary alicyclic amines) is 1. The van der Waals surface area contributed by atoms with E-state index in [-0.39, 0.29) is 24.0 Å². The van der Waals surface area contributed by atoms with Crippen molar-refractivity contribution in [3.8, 4) is 0 Å². The van der Waals surface area contributed by atoms with Crippen LogP contribution >= 0.6 is 0 Å². The van der Waals surface area contributed by atoms with Crippen LogP contribution in [0.3, 0.4) is 0 Å². The molecule has 1 N–H and O–H groups in total. The van der Waals surface area contributed by atoms with Crippen LogP contribution in [0.5, 0.6) is 0 Å². The molecule has 2 fully saturated rings. The highest BCUT2D eigenvalue weighted by Gasteiger charge is 2.28. The van der Waals surface area contributed by atoms with E-state index in [1.54, 1.807) is 4.90 Å². The van der Waals surface area contributed by atoms with E-state index in [9.17, 15) is 9.59 Å². The zero-order chi connectivity index (χ0) is 22.8. The summed E-state index contributed by atoms with van der Waals surface area (Å²) in [6.45, 7) is 10.7. The van der Waals surface area contributed by atoms with Gasteiger partial charge in [-0.05, 0) is 63.2 Å². The minimum atomic E-state index is -0.509. The topological polar surface area (TPSA) is 100 Å². The van der Waals surface area contributed by atoms with Crippen LogP contribution in [-0.4, -0.2) is 72.7 Å². The van der Waals surface area contributed by atoms with Gasteiger partial charge in [-0.2, -0.15) is 0 Å². The summed E-state index contributed by atoms with van der Waals surface area (Å²) in [5, 5.41) is 6.89. The predicted molar refractivity (Wildman–Crippen MR) is 118 cm³/mol. The lowest BCUT2D eigenvalue weighted by molar-refractivity contribution is -0.122. The fourth-order valence-corrected chi connectivity index (χ4v) is 4.09. The molecule has 3 rings (SSSR count). The molecule has 2 aliphatic heterocycles. The molecule has 1 aromatic rings. The number of carbonyl (C=O) groups excluding carboxylic acids is 1. The Kier molecular flexibility index (Phi) is 10.2. The molecule has 0 bridgehead atoms. The zero-order valence-corrected chi connectivity index (χ0v) is 19.0. The van der Waals surface area contributed by atoms with Gasteiger partial charge in [0.25, 0.3) is 12.4 Å². The maximum atomic E-state index is 13.2. The molecule has 1 amide bonds. The highest BCUT2D eigenvalue weighted by atomic mass is 16.5. The van der Waals surface area contributed by atoms with Crippen LogP contribution < -0.4 is 5.63 Å². The molecule has 3 heterocycles. The van der Waals surface area contributed by atoms with Gasteiger partial charge in [-0.3, -0.25) is 9.59 Å². The summed E-state index contributed by atoms with van der Waals surface area (Å²) in [6.07, 6.45) is 4.94. The third-order valence-corrected chi connectivity index (χ3v) is 5.68. The molecule has 0 radical (unpaired) electrons. The first-order chi connectivity index (χ1) is 14.8. The zero-order valence-electron chi connectivity index (χ0n) is 19.0. The predicted octanol–water partition coefficient (Wildman–Crippen LogP) is 2.56. The third kappa shape index (κ3) is 7.78. The van der Waals surface area contributed by atoms with Crippen molar-refractivity contribution in [2.24, 2.45) is 5.92 Å². The SMILES string of the molecule is Cc1cc(CCC(C)C)oc(=O)c1C(=O)N1CCCOC(CN2CCCC2)C1.O=CO. The average Bonchev–Trinajstić information content (AvgIpc) is 3.10. The number of hydrogen-bond acceptors (Lipinski definition) is 6. The number of rotatable bonds is 6. The van der Waals surface area contributed by atoms with Crippen molar-refractivity contribution in [2.45, 2.75) is 59.0 Å². The lowest BCUT2D eigenvalue weighted by Gasteiger charge is -2.27. The smallest absolute Gasteiger partial charge is 0.349 e. The molecule has 2 saturated heterocycles. The second kappa shape index (κ2) is 12.6. The molecular weight excluding hydrogens is 400 g/mol. The Balaban J connectivity index is 0.00000107. The molecule has 1 aromatic heterocycles. The summed E-state index contributed by atoms with van der Waals surface area (Å²) in [5.74, 6) is 0.981. The van der Waals surface area contributed by atoms with Crippen LogP contribution in [0.25, 0.3) is 0 Å². The van der Waals surface area contributed by atoms with Crippen LogP contribution in [0.2, 0.25) is 0 Å². The van der Waals surface area contributed by atoms with E-state index in [1.165, 1.54) is 12.8 Å². The molecule has 0 spiro atoms. The first-order valence-corrected chi connectivity index (χ1v) is 11.2. The van der Waals surface area contributed by atoms with E-state index in [0.717, 1.165) is 38.9 Å².